The van der Waals surface area contributed by atoms with Gasteiger partial charge in [-0.1, -0.05) is 6.07 Å². The van der Waals surface area contributed by atoms with Crippen LogP contribution in [0.3, 0.4) is 0 Å². The van der Waals surface area contributed by atoms with Gasteiger partial charge in [0.25, 0.3) is 5.91 Å². The van der Waals surface area contributed by atoms with Gasteiger partial charge in [-0.2, -0.15) is 0 Å². The molecule has 2 heterocycles. The van der Waals surface area contributed by atoms with Crippen LogP contribution in [0.15, 0.2) is 36.4 Å². The van der Waals surface area contributed by atoms with Gasteiger partial charge in [-0.25, -0.2) is 8.78 Å². The summed E-state index contributed by atoms with van der Waals surface area (Å²) < 4.78 is 27.1. The molecule has 2 atom stereocenters. The van der Waals surface area contributed by atoms with Crippen molar-refractivity contribution in [1.82, 2.24) is 4.90 Å². The Morgan fingerprint density at radius 1 is 1.08 bits per heavy atom. The van der Waals surface area contributed by atoms with E-state index in [0.29, 0.717) is 11.3 Å². The minimum Gasteiger partial charge on any atom is -0.391 e. The monoisotopic (exact) mass is 344 g/mol. The smallest absolute Gasteiger partial charge is 0.256 e. The zero-order chi connectivity index (χ0) is 17.7. The first-order chi connectivity index (χ1) is 11.9. The van der Waals surface area contributed by atoms with Gasteiger partial charge in [-0.3, -0.25) is 9.59 Å². The molecule has 5 nitrogen and oxygen atoms in total. The molecule has 0 spiro atoms. The van der Waals surface area contributed by atoms with E-state index in [0.717, 1.165) is 12.1 Å². The first-order valence-corrected chi connectivity index (χ1v) is 7.83. The highest BCUT2D eigenvalue weighted by atomic mass is 19.1. The van der Waals surface area contributed by atoms with Gasteiger partial charge in [0.2, 0.25) is 5.91 Å². The Bertz CT molecular complexity index is 900. The number of nitrogens with one attached hydrogen (secondary N) is 1. The molecule has 4 rings (SSSR count). The number of carbonyl (C=O) groups is 2. The SMILES string of the molecule is O=C1Nc2ccc(-c3ccc(F)cc3F)cc2C(=O)N2C[C@H](O)C[C@@H]12. The number of hydrogen-bond donors (Lipinski definition) is 2. The minimum atomic E-state index is -0.751. The Labute approximate surface area is 141 Å². The third-order valence-corrected chi connectivity index (χ3v) is 4.59. The maximum atomic E-state index is 14.0. The van der Waals surface area contributed by atoms with Crippen molar-refractivity contribution < 1.29 is 23.5 Å². The Morgan fingerprint density at radius 3 is 2.64 bits per heavy atom. The van der Waals surface area contributed by atoms with Crippen molar-refractivity contribution in [2.24, 2.45) is 0 Å². The topological polar surface area (TPSA) is 69.6 Å². The zero-order valence-electron chi connectivity index (χ0n) is 13.0. The fourth-order valence-electron chi connectivity index (χ4n) is 3.38. The summed E-state index contributed by atoms with van der Waals surface area (Å²) in [6.07, 6.45) is -0.565. The summed E-state index contributed by atoms with van der Waals surface area (Å²) in [7, 11) is 0. The van der Waals surface area contributed by atoms with Crippen LogP contribution < -0.4 is 5.32 Å². The Balaban J connectivity index is 1.80. The molecule has 1 saturated heterocycles. The number of rotatable bonds is 1. The summed E-state index contributed by atoms with van der Waals surface area (Å²) >= 11 is 0. The predicted octanol–water partition coefficient (Wildman–Crippen LogP) is 2.16. The van der Waals surface area contributed by atoms with Gasteiger partial charge in [0.1, 0.15) is 17.7 Å². The van der Waals surface area contributed by atoms with Gasteiger partial charge in [-0.15, -0.1) is 0 Å². The molecule has 2 aromatic rings. The largest absolute Gasteiger partial charge is 0.391 e. The van der Waals surface area contributed by atoms with Crippen LogP contribution in [0.25, 0.3) is 11.1 Å². The second-order valence-corrected chi connectivity index (χ2v) is 6.24. The minimum absolute atomic E-state index is 0.0749. The fourth-order valence-corrected chi connectivity index (χ4v) is 3.38. The van der Waals surface area contributed by atoms with Gasteiger partial charge in [0, 0.05) is 24.6 Å². The molecule has 1 fully saturated rings. The van der Waals surface area contributed by atoms with E-state index in [-0.39, 0.29) is 30.0 Å². The van der Waals surface area contributed by atoms with Crippen LogP contribution in [-0.4, -0.2) is 40.5 Å². The lowest BCUT2D eigenvalue weighted by Gasteiger charge is -2.19. The van der Waals surface area contributed by atoms with E-state index in [1.165, 1.54) is 23.1 Å². The van der Waals surface area contributed by atoms with Crippen molar-refractivity contribution in [3.63, 3.8) is 0 Å². The van der Waals surface area contributed by atoms with E-state index in [2.05, 4.69) is 5.32 Å². The molecule has 2 N–H and O–H groups in total. The summed E-state index contributed by atoms with van der Waals surface area (Å²) in [5.74, 6) is -2.18. The van der Waals surface area contributed by atoms with Crippen LogP contribution >= 0.6 is 0 Å². The van der Waals surface area contributed by atoms with Gasteiger partial charge in [0.05, 0.1) is 17.4 Å². The molecule has 0 aliphatic carbocycles. The molecule has 2 amide bonds. The molecule has 2 aliphatic rings. The number of hydrogen-bond acceptors (Lipinski definition) is 3. The Hall–Kier alpha value is -2.80. The Kier molecular flexibility index (Phi) is 3.54. The molecule has 0 radical (unpaired) electrons. The number of aliphatic hydroxyl groups is 1. The van der Waals surface area contributed by atoms with Crippen molar-refractivity contribution >= 4 is 17.5 Å². The van der Waals surface area contributed by atoms with E-state index < -0.39 is 29.7 Å². The highest BCUT2D eigenvalue weighted by Crippen LogP contribution is 2.33. The van der Waals surface area contributed by atoms with Gasteiger partial charge >= 0.3 is 0 Å². The normalized spacial score (nSPS) is 22.3. The average Bonchev–Trinajstić information content (AvgIpc) is 2.93. The summed E-state index contributed by atoms with van der Waals surface area (Å²) in [6.45, 7) is 0.0749. The van der Waals surface area contributed by atoms with Gasteiger partial charge < -0.3 is 15.3 Å². The maximum absolute atomic E-state index is 14.0. The van der Waals surface area contributed by atoms with E-state index in [9.17, 15) is 23.5 Å². The number of anilines is 1. The quantitative estimate of drug-likeness (QED) is 0.833. The standard InChI is InChI=1S/C18H14F2N2O3/c19-10-2-3-12(14(20)6-10)9-1-4-15-13(5-9)18(25)22-8-11(23)7-16(22)17(24)21-15/h1-6,11,16,23H,7-8H2,(H,21,24)/t11-,16+/m1/s1. The van der Waals surface area contributed by atoms with E-state index in [1.54, 1.807) is 6.07 Å². The van der Waals surface area contributed by atoms with Crippen molar-refractivity contribution in [1.29, 1.82) is 0 Å². The highest BCUT2D eigenvalue weighted by molar-refractivity contribution is 6.10. The zero-order valence-corrected chi connectivity index (χ0v) is 13.0. The van der Waals surface area contributed by atoms with Crippen molar-refractivity contribution in [2.75, 3.05) is 11.9 Å². The lowest BCUT2D eigenvalue weighted by Crippen LogP contribution is -2.40. The van der Waals surface area contributed by atoms with Crippen LogP contribution in [-0.2, 0) is 4.79 Å². The number of aliphatic hydroxyl groups excluding tert-OH is 1. The van der Waals surface area contributed by atoms with Gasteiger partial charge in [0.15, 0.2) is 0 Å². The van der Waals surface area contributed by atoms with Crippen molar-refractivity contribution in [2.45, 2.75) is 18.6 Å². The molecular weight excluding hydrogens is 330 g/mol. The summed E-state index contributed by atoms with van der Waals surface area (Å²) in [5, 5.41) is 12.5. The second kappa shape index (κ2) is 5.63. The molecule has 128 valence electrons. The van der Waals surface area contributed by atoms with Gasteiger partial charge in [-0.05, 0) is 29.8 Å². The molecule has 2 aliphatic heterocycles. The molecule has 7 heteroatoms. The molecule has 0 saturated carbocycles. The number of nitrogens with zero attached hydrogens (tertiary/aromatic N) is 1. The van der Waals surface area contributed by atoms with E-state index >= 15 is 0 Å². The molecule has 0 aromatic heterocycles. The molecule has 0 bridgehead atoms. The van der Waals surface area contributed by atoms with E-state index in [4.69, 9.17) is 0 Å². The van der Waals surface area contributed by atoms with Crippen molar-refractivity contribution in [3.8, 4) is 11.1 Å². The van der Waals surface area contributed by atoms with Crippen LogP contribution in [0.2, 0.25) is 0 Å². The average molecular weight is 344 g/mol. The summed E-state index contributed by atoms with van der Waals surface area (Å²) in [6, 6.07) is 7.06. The van der Waals surface area contributed by atoms with Crippen LogP contribution in [0.5, 0.6) is 0 Å². The van der Waals surface area contributed by atoms with Crippen LogP contribution in [0.1, 0.15) is 16.8 Å². The number of fused-ring (bicyclic) bond motifs is 2. The molecular formula is C18H14F2N2O3. The first kappa shape index (κ1) is 15.7. The third kappa shape index (κ3) is 2.56. The number of benzene rings is 2. The van der Waals surface area contributed by atoms with Crippen molar-refractivity contribution in [3.05, 3.63) is 53.6 Å². The number of halogens is 2. The lowest BCUT2D eigenvalue weighted by atomic mass is 10.0. The molecule has 2 aromatic carbocycles. The van der Waals surface area contributed by atoms with E-state index in [1.807, 2.05) is 0 Å². The Morgan fingerprint density at radius 2 is 1.88 bits per heavy atom. The summed E-state index contributed by atoms with van der Waals surface area (Å²) in [5.41, 5.74) is 1.11. The van der Waals surface area contributed by atoms with Crippen LogP contribution in [0, 0.1) is 11.6 Å². The van der Waals surface area contributed by atoms with Crippen LogP contribution in [0.4, 0.5) is 14.5 Å². The maximum Gasteiger partial charge on any atom is 0.256 e. The highest BCUT2D eigenvalue weighted by Gasteiger charge is 2.42. The summed E-state index contributed by atoms with van der Waals surface area (Å²) in [4.78, 5) is 26.4. The third-order valence-electron chi connectivity index (χ3n) is 4.59. The lowest BCUT2D eigenvalue weighted by molar-refractivity contribution is -0.119. The molecule has 0 unspecified atom stereocenters. The first-order valence-electron chi connectivity index (χ1n) is 7.83. The number of amides is 2. The predicted molar refractivity (Wildman–Crippen MR) is 85.9 cm³/mol. The fraction of sp³-hybridized carbons (Fsp3) is 0.222. The molecule has 25 heavy (non-hydrogen) atoms. The second-order valence-electron chi connectivity index (χ2n) is 6.24. The number of carbonyl (C=O) groups excluding carboxylic acids is 2.